The number of thiocarbonyl (C=S) groups is 1. The Labute approximate surface area is 176 Å². The number of benzene rings is 2. The van der Waals surface area contributed by atoms with Crippen LogP contribution in [0.25, 0.3) is 0 Å². The second-order valence-corrected chi connectivity index (χ2v) is 6.80. The molecule has 1 aliphatic heterocycles. The minimum absolute atomic E-state index is 0.0101. The lowest BCUT2D eigenvalue weighted by Gasteiger charge is -2.24. The lowest BCUT2D eigenvalue weighted by atomic mass is 10.1. The molecule has 10 heteroatoms. The number of halogens is 2. The number of nitrogens with zero attached hydrogens (tertiary/aromatic N) is 2. The van der Waals surface area contributed by atoms with Crippen molar-refractivity contribution < 1.29 is 23.2 Å². The second kappa shape index (κ2) is 8.95. The van der Waals surface area contributed by atoms with Crippen LogP contribution in [0, 0.1) is 11.6 Å². The number of hydrogen-bond donors (Lipinski definition) is 2. The SMILES string of the molecule is CCN1C(=O)[C@H](CC(=O)Nc2ccccc2F)N(NC(=O)c2cccc(F)c2)C1=S. The Hall–Kier alpha value is -3.40. The number of anilines is 1. The van der Waals surface area contributed by atoms with E-state index in [9.17, 15) is 23.2 Å². The van der Waals surface area contributed by atoms with Gasteiger partial charge in [-0.15, -0.1) is 0 Å². The van der Waals surface area contributed by atoms with Crippen LogP contribution in [0.3, 0.4) is 0 Å². The lowest BCUT2D eigenvalue weighted by Crippen LogP contribution is -2.49. The van der Waals surface area contributed by atoms with Crippen molar-refractivity contribution in [3.63, 3.8) is 0 Å². The fourth-order valence-electron chi connectivity index (χ4n) is 2.99. The highest BCUT2D eigenvalue weighted by molar-refractivity contribution is 7.80. The van der Waals surface area contributed by atoms with Gasteiger partial charge in [0, 0.05) is 12.1 Å². The Morgan fingerprint density at radius 1 is 1.13 bits per heavy atom. The maximum Gasteiger partial charge on any atom is 0.269 e. The number of nitrogens with one attached hydrogen (secondary N) is 2. The number of amides is 3. The van der Waals surface area contributed by atoms with E-state index in [-0.39, 0.29) is 29.3 Å². The number of carbonyl (C=O) groups excluding carboxylic acids is 3. The molecule has 0 aromatic heterocycles. The monoisotopic (exact) mass is 432 g/mol. The smallest absolute Gasteiger partial charge is 0.269 e. The summed E-state index contributed by atoms with van der Waals surface area (Å²) in [6, 6.07) is 9.48. The summed E-state index contributed by atoms with van der Waals surface area (Å²) < 4.78 is 27.2. The fourth-order valence-corrected chi connectivity index (χ4v) is 3.38. The van der Waals surface area contributed by atoms with Gasteiger partial charge in [-0.05, 0) is 49.5 Å². The molecule has 2 aromatic carbocycles. The largest absolute Gasteiger partial charge is 0.324 e. The van der Waals surface area contributed by atoms with Crippen molar-refractivity contribution in [3.05, 3.63) is 65.7 Å². The van der Waals surface area contributed by atoms with Gasteiger partial charge < -0.3 is 5.32 Å². The summed E-state index contributed by atoms with van der Waals surface area (Å²) in [5, 5.41) is 3.52. The first kappa shape index (κ1) is 21.3. The zero-order valence-electron chi connectivity index (χ0n) is 15.9. The standard InChI is InChI=1S/C20H18F2N4O3S/c1-2-25-19(29)16(11-17(27)23-15-9-4-3-8-14(15)22)26(20(25)30)24-18(28)12-6-5-7-13(21)10-12/h3-10,16H,2,11H2,1H3,(H,23,27)(H,24,28)/t16-/m0/s1. The van der Waals surface area contributed by atoms with E-state index in [0.717, 1.165) is 11.1 Å². The molecule has 1 fully saturated rings. The summed E-state index contributed by atoms with van der Waals surface area (Å²) in [5.74, 6) is -3.03. The van der Waals surface area contributed by atoms with E-state index >= 15 is 0 Å². The number of hydrazine groups is 1. The molecule has 0 spiro atoms. The van der Waals surface area contributed by atoms with Gasteiger partial charge in [-0.2, -0.15) is 0 Å². The zero-order chi connectivity index (χ0) is 21.8. The molecule has 1 saturated heterocycles. The molecule has 156 valence electrons. The van der Waals surface area contributed by atoms with Crippen molar-refractivity contribution in [1.29, 1.82) is 0 Å². The van der Waals surface area contributed by atoms with Crippen LogP contribution in [0.4, 0.5) is 14.5 Å². The third kappa shape index (κ3) is 4.43. The molecule has 1 heterocycles. The molecule has 1 aliphatic rings. The van der Waals surface area contributed by atoms with Gasteiger partial charge >= 0.3 is 0 Å². The Morgan fingerprint density at radius 3 is 2.53 bits per heavy atom. The van der Waals surface area contributed by atoms with Gasteiger partial charge in [0.05, 0.1) is 12.1 Å². The Morgan fingerprint density at radius 2 is 1.87 bits per heavy atom. The predicted octanol–water partition coefficient (Wildman–Crippen LogP) is 2.46. The topological polar surface area (TPSA) is 81.8 Å². The molecule has 3 rings (SSSR count). The average molecular weight is 432 g/mol. The van der Waals surface area contributed by atoms with Gasteiger partial charge in [-0.1, -0.05) is 18.2 Å². The highest BCUT2D eigenvalue weighted by Crippen LogP contribution is 2.21. The molecule has 0 unspecified atom stereocenters. The van der Waals surface area contributed by atoms with Gasteiger partial charge in [-0.3, -0.25) is 24.7 Å². The van der Waals surface area contributed by atoms with Crippen LogP contribution in [0.5, 0.6) is 0 Å². The molecule has 0 bridgehead atoms. The second-order valence-electron chi connectivity index (χ2n) is 6.43. The highest BCUT2D eigenvalue weighted by Gasteiger charge is 2.44. The molecular weight excluding hydrogens is 414 g/mol. The van der Waals surface area contributed by atoms with Gasteiger partial charge in [-0.25, -0.2) is 13.8 Å². The molecular formula is C20H18F2N4O3S. The number of rotatable bonds is 6. The molecule has 3 amide bonds. The molecule has 0 radical (unpaired) electrons. The van der Waals surface area contributed by atoms with Gasteiger partial charge in [0.25, 0.3) is 11.8 Å². The van der Waals surface area contributed by atoms with Crippen LogP contribution in [0.15, 0.2) is 48.5 Å². The molecule has 0 saturated carbocycles. The van der Waals surface area contributed by atoms with E-state index in [1.165, 1.54) is 41.3 Å². The first-order chi connectivity index (χ1) is 14.3. The van der Waals surface area contributed by atoms with Gasteiger partial charge in [0.15, 0.2) is 5.11 Å². The third-order valence-electron chi connectivity index (χ3n) is 4.45. The van der Waals surface area contributed by atoms with Gasteiger partial charge in [0.2, 0.25) is 5.91 Å². The molecule has 1 atom stereocenters. The van der Waals surface area contributed by atoms with Crippen LogP contribution in [-0.2, 0) is 9.59 Å². The van der Waals surface area contributed by atoms with Crippen molar-refractivity contribution in [2.45, 2.75) is 19.4 Å². The number of para-hydroxylation sites is 1. The van der Waals surface area contributed by atoms with E-state index in [2.05, 4.69) is 10.7 Å². The lowest BCUT2D eigenvalue weighted by molar-refractivity contribution is -0.130. The van der Waals surface area contributed by atoms with Crippen molar-refractivity contribution in [2.24, 2.45) is 0 Å². The average Bonchev–Trinajstić information content (AvgIpc) is 2.93. The van der Waals surface area contributed by atoms with E-state index in [0.29, 0.717) is 0 Å². The van der Waals surface area contributed by atoms with Crippen LogP contribution < -0.4 is 10.7 Å². The quantitative estimate of drug-likeness (QED) is 0.686. The van der Waals surface area contributed by atoms with Crippen molar-refractivity contribution in [1.82, 2.24) is 15.3 Å². The predicted molar refractivity (Wildman–Crippen MR) is 109 cm³/mol. The minimum atomic E-state index is -1.12. The first-order valence-corrected chi connectivity index (χ1v) is 9.48. The first-order valence-electron chi connectivity index (χ1n) is 9.07. The molecule has 7 nitrogen and oxygen atoms in total. The minimum Gasteiger partial charge on any atom is -0.324 e. The molecule has 2 aromatic rings. The van der Waals surface area contributed by atoms with E-state index in [1.807, 2.05) is 0 Å². The van der Waals surface area contributed by atoms with Crippen molar-refractivity contribution >= 4 is 40.7 Å². The molecule has 30 heavy (non-hydrogen) atoms. The summed E-state index contributed by atoms with van der Waals surface area (Å²) in [6.45, 7) is 1.92. The van der Waals surface area contributed by atoms with E-state index < -0.39 is 35.4 Å². The molecule has 2 N–H and O–H groups in total. The number of carbonyl (C=O) groups is 3. The van der Waals surface area contributed by atoms with E-state index in [1.54, 1.807) is 13.0 Å². The summed E-state index contributed by atoms with van der Waals surface area (Å²) >= 11 is 5.26. The van der Waals surface area contributed by atoms with Crippen LogP contribution >= 0.6 is 12.2 Å². The Balaban J connectivity index is 1.78. The zero-order valence-corrected chi connectivity index (χ0v) is 16.7. The third-order valence-corrected chi connectivity index (χ3v) is 4.87. The van der Waals surface area contributed by atoms with Crippen LogP contribution in [-0.4, -0.2) is 45.3 Å². The maximum atomic E-state index is 13.8. The van der Waals surface area contributed by atoms with Crippen molar-refractivity contribution in [2.75, 3.05) is 11.9 Å². The highest BCUT2D eigenvalue weighted by atomic mass is 32.1. The number of hydrogen-bond acceptors (Lipinski definition) is 4. The van der Waals surface area contributed by atoms with E-state index in [4.69, 9.17) is 12.2 Å². The summed E-state index contributed by atoms with van der Waals surface area (Å²) in [6.07, 6.45) is -0.382. The van der Waals surface area contributed by atoms with Crippen molar-refractivity contribution in [3.8, 4) is 0 Å². The number of likely N-dealkylation sites (N-methyl/N-ethyl adjacent to an activating group) is 1. The maximum absolute atomic E-state index is 13.8. The Bertz CT molecular complexity index is 1020. The molecule has 0 aliphatic carbocycles. The van der Waals surface area contributed by atoms with Crippen LogP contribution in [0.2, 0.25) is 0 Å². The Kier molecular flexibility index (Phi) is 6.36. The summed E-state index contributed by atoms with van der Waals surface area (Å²) in [7, 11) is 0. The summed E-state index contributed by atoms with van der Waals surface area (Å²) in [4.78, 5) is 38.9. The van der Waals surface area contributed by atoms with Crippen LogP contribution in [0.1, 0.15) is 23.7 Å². The fraction of sp³-hybridized carbons (Fsp3) is 0.200. The normalized spacial score (nSPS) is 16.0. The van der Waals surface area contributed by atoms with Gasteiger partial charge in [0.1, 0.15) is 17.7 Å². The summed E-state index contributed by atoms with van der Waals surface area (Å²) in [5.41, 5.74) is 2.46.